The number of nitrogens with zero attached hydrogens (tertiary/aromatic N) is 2. The minimum absolute atomic E-state index is 0.298. The van der Waals surface area contributed by atoms with Crippen LogP contribution in [0.2, 0.25) is 0 Å². The van der Waals surface area contributed by atoms with Gasteiger partial charge in [0.05, 0.1) is 0 Å². The van der Waals surface area contributed by atoms with Gasteiger partial charge in [-0.15, -0.1) is 0 Å². The molecule has 3 aromatic rings. The van der Waals surface area contributed by atoms with Crippen molar-refractivity contribution in [3.8, 4) is 0 Å². The summed E-state index contributed by atoms with van der Waals surface area (Å²) in [6.07, 6.45) is 1.64. The average molecular weight is 373 g/mol. The van der Waals surface area contributed by atoms with E-state index in [4.69, 9.17) is 0 Å². The summed E-state index contributed by atoms with van der Waals surface area (Å²) < 4.78 is 14.2. The van der Waals surface area contributed by atoms with Gasteiger partial charge in [-0.1, -0.05) is 22.0 Å². The lowest BCUT2D eigenvalue weighted by Crippen LogP contribution is -2.01. The highest BCUT2D eigenvalue weighted by Crippen LogP contribution is 2.23. The Morgan fingerprint density at radius 2 is 1.91 bits per heavy atom. The van der Waals surface area contributed by atoms with Crippen LogP contribution in [0.5, 0.6) is 0 Å². The Bertz CT molecular complexity index is 838. The summed E-state index contributed by atoms with van der Waals surface area (Å²) >= 11 is 3.44. The predicted octanol–water partition coefficient (Wildman–Crippen LogP) is 5.17. The third-order valence-corrected chi connectivity index (χ3v) is 3.68. The van der Waals surface area contributed by atoms with Gasteiger partial charge in [0.15, 0.2) is 0 Å². The molecule has 0 atom stereocenters. The van der Waals surface area contributed by atoms with E-state index in [2.05, 4.69) is 36.5 Å². The normalized spacial score (nSPS) is 10.4. The first-order valence-electron chi connectivity index (χ1n) is 6.99. The number of aryl methyl sites for hydroxylation is 1. The second-order valence-electron chi connectivity index (χ2n) is 4.99. The second kappa shape index (κ2) is 6.75. The van der Waals surface area contributed by atoms with Crippen molar-refractivity contribution < 1.29 is 4.39 Å². The molecule has 2 aromatic carbocycles. The maximum atomic E-state index is 13.2. The highest BCUT2D eigenvalue weighted by atomic mass is 79.9. The molecule has 116 valence electrons. The maximum Gasteiger partial charge on any atom is 0.229 e. The molecular weight excluding hydrogens is 359 g/mol. The maximum absolute atomic E-state index is 13.2. The smallest absolute Gasteiger partial charge is 0.229 e. The molecule has 6 heteroatoms. The third kappa shape index (κ3) is 4.04. The molecule has 0 fully saturated rings. The van der Waals surface area contributed by atoms with Crippen molar-refractivity contribution in [1.29, 1.82) is 0 Å². The molecule has 4 nitrogen and oxygen atoms in total. The van der Waals surface area contributed by atoms with Crippen LogP contribution in [0.4, 0.5) is 27.5 Å². The van der Waals surface area contributed by atoms with Gasteiger partial charge >= 0.3 is 0 Å². The van der Waals surface area contributed by atoms with Crippen LogP contribution in [-0.4, -0.2) is 9.97 Å². The van der Waals surface area contributed by atoms with Gasteiger partial charge in [0.1, 0.15) is 11.6 Å². The summed E-state index contributed by atoms with van der Waals surface area (Å²) in [6.45, 7) is 2.00. The molecule has 0 aliphatic rings. The molecule has 0 bridgehead atoms. The highest BCUT2D eigenvalue weighted by molar-refractivity contribution is 9.10. The Balaban J connectivity index is 1.79. The number of hydrogen-bond donors (Lipinski definition) is 2. The van der Waals surface area contributed by atoms with E-state index < -0.39 is 0 Å². The Hall–Kier alpha value is -2.47. The first-order valence-corrected chi connectivity index (χ1v) is 7.78. The molecule has 0 saturated heterocycles. The van der Waals surface area contributed by atoms with E-state index in [1.165, 1.54) is 12.1 Å². The van der Waals surface area contributed by atoms with E-state index >= 15 is 0 Å². The largest absolute Gasteiger partial charge is 0.340 e. The van der Waals surface area contributed by atoms with E-state index in [0.29, 0.717) is 17.5 Å². The SMILES string of the molecule is Cc1cc(Br)ccc1Nc1nccc(Nc2cccc(F)c2)n1. The fraction of sp³-hybridized carbons (Fsp3) is 0.0588. The molecule has 0 spiro atoms. The minimum Gasteiger partial charge on any atom is -0.340 e. The van der Waals surface area contributed by atoms with E-state index in [9.17, 15) is 4.39 Å². The second-order valence-corrected chi connectivity index (χ2v) is 5.90. The standard InChI is InChI=1S/C17H14BrFN4/c1-11-9-12(18)5-6-15(11)22-17-20-8-7-16(23-17)21-14-4-2-3-13(19)10-14/h2-10H,1H3,(H2,20,21,22,23). The van der Waals surface area contributed by atoms with Crippen LogP contribution in [0, 0.1) is 12.7 Å². The van der Waals surface area contributed by atoms with Crippen molar-refractivity contribution in [1.82, 2.24) is 9.97 Å². The molecule has 0 saturated carbocycles. The van der Waals surface area contributed by atoms with E-state index in [-0.39, 0.29) is 5.82 Å². The fourth-order valence-corrected chi connectivity index (χ4v) is 2.57. The van der Waals surface area contributed by atoms with Gasteiger partial charge in [-0.2, -0.15) is 4.98 Å². The van der Waals surface area contributed by atoms with Crippen molar-refractivity contribution in [2.24, 2.45) is 0 Å². The van der Waals surface area contributed by atoms with Crippen molar-refractivity contribution in [3.63, 3.8) is 0 Å². The van der Waals surface area contributed by atoms with Crippen LogP contribution in [0.3, 0.4) is 0 Å². The highest BCUT2D eigenvalue weighted by Gasteiger charge is 2.04. The fourth-order valence-electron chi connectivity index (χ4n) is 2.09. The van der Waals surface area contributed by atoms with Gasteiger partial charge in [0.2, 0.25) is 5.95 Å². The minimum atomic E-state index is -0.298. The third-order valence-electron chi connectivity index (χ3n) is 3.19. The van der Waals surface area contributed by atoms with Crippen LogP contribution in [0.15, 0.2) is 59.2 Å². The molecule has 0 radical (unpaired) electrons. The molecular formula is C17H14BrFN4. The topological polar surface area (TPSA) is 49.8 Å². The number of halogens is 2. The summed E-state index contributed by atoms with van der Waals surface area (Å²) in [4.78, 5) is 8.60. The van der Waals surface area contributed by atoms with Crippen LogP contribution < -0.4 is 10.6 Å². The summed E-state index contributed by atoms with van der Waals surface area (Å²) in [6, 6.07) is 13.9. The van der Waals surface area contributed by atoms with Crippen LogP contribution in [-0.2, 0) is 0 Å². The molecule has 0 amide bonds. The molecule has 1 aromatic heterocycles. The van der Waals surface area contributed by atoms with Crippen molar-refractivity contribution in [2.75, 3.05) is 10.6 Å². The van der Waals surface area contributed by atoms with E-state index in [1.807, 2.05) is 25.1 Å². The average Bonchev–Trinajstić information content (AvgIpc) is 2.51. The number of aromatic nitrogens is 2. The summed E-state index contributed by atoms with van der Waals surface area (Å²) in [5.41, 5.74) is 2.64. The first-order chi connectivity index (χ1) is 11.1. The van der Waals surface area contributed by atoms with Crippen LogP contribution in [0.25, 0.3) is 0 Å². The first kappa shape index (κ1) is 15.4. The number of nitrogens with one attached hydrogen (secondary N) is 2. The lowest BCUT2D eigenvalue weighted by molar-refractivity contribution is 0.628. The summed E-state index contributed by atoms with van der Waals surface area (Å²) in [7, 11) is 0. The summed E-state index contributed by atoms with van der Waals surface area (Å²) in [5, 5.41) is 6.24. The molecule has 0 aliphatic carbocycles. The zero-order valence-electron chi connectivity index (χ0n) is 12.3. The molecule has 3 rings (SSSR count). The van der Waals surface area contributed by atoms with Crippen LogP contribution >= 0.6 is 15.9 Å². The number of rotatable bonds is 4. The lowest BCUT2D eigenvalue weighted by atomic mass is 10.2. The van der Waals surface area contributed by atoms with Gasteiger partial charge in [0, 0.05) is 22.0 Å². The van der Waals surface area contributed by atoms with Gasteiger partial charge in [-0.3, -0.25) is 0 Å². The Morgan fingerprint density at radius 3 is 2.70 bits per heavy atom. The van der Waals surface area contributed by atoms with Gasteiger partial charge in [0.25, 0.3) is 0 Å². The van der Waals surface area contributed by atoms with Crippen molar-refractivity contribution in [2.45, 2.75) is 6.92 Å². The van der Waals surface area contributed by atoms with E-state index in [1.54, 1.807) is 24.4 Å². The Morgan fingerprint density at radius 1 is 1.04 bits per heavy atom. The van der Waals surface area contributed by atoms with Crippen LogP contribution in [0.1, 0.15) is 5.56 Å². The number of benzene rings is 2. The summed E-state index contributed by atoms with van der Waals surface area (Å²) in [5.74, 6) is 0.757. The molecule has 23 heavy (non-hydrogen) atoms. The molecule has 0 unspecified atom stereocenters. The monoisotopic (exact) mass is 372 g/mol. The lowest BCUT2D eigenvalue weighted by Gasteiger charge is -2.10. The van der Waals surface area contributed by atoms with E-state index in [0.717, 1.165) is 15.7 Å². The molecule has 1 heterocycles. The quantitative estimate of drug-likeness (QED) is 0.662. The van der Waals surface area contributed by atoms with Crippen molar-refractivity contribution >= 4 is 39.1 Å². The van der Waals surface area contributed by atoms with Crippen molar-refractivity contribution in [3.05, 3.63) is 70.6 Å². The zero-order chi connectivity index (χ0) is 16.2. The predicted molar refractivity (Wildman–Crippen MR) is 93.9 cm³/mol. The number of hydrogen-bond acceptors (Lipinski definition) is 4. The Kier molecular flexibility index (Phi) is 4.52. The number of anilines is 4. The zero-order valence-corrected chi connectivity index (χ0v) is 13.9. The van der Waals surface area contributed by atoms with Gasteiger partial charge in [-0.25, -0.2) is 9.37 Å². The van der Waals surface area contributed by atoms with Gasteiger partial charge < -0.3 is 10.6 Å². The molecule has 0 aliphatic heterocycles. The Labute approximate surface area is 141 Å². The van der Waals surface area contributed by atoms with Gasteiger partial charge in [-0.05, 0) is 55.0 Å². The molecule has 2 N–H and O–H groups in total.